The van der Waals surface area contributed by atoms with Gasteiger partial charge in [-0.25, -0.2) is 9.78 Å². The number of esters is 1. The highest BCUT2D eigenvalue weighted by molar-refractivity contribution is 5.99. The van der Waals surface area contributed by atoms with Crippen LogP contribution in [0.5, 0.6) is 5.75 Å². The summed E-state index contributed by atoms with van der Waals surface area (Å²) in [5, 5.41) is 0. The molecule has 1 amide bonds. The van der Waals surface area contributed by atoms with Crippen LogP contribution in [0.2, 0.25) is 0 Å². The third kappa shape index (κ3) is 3.86. The van der Waals surface area contributed by atoms with Crippen LogP contribution in [0.15, 0.2) is 36.4 Å². The first kappa shape index (κ1) is 18.7. The highest BCUT2D eigenvalue weighted by Gasteiger charge is 2.37. The van der Waals surface area contributed by atoms with Gasteiger partial charge in [-0.1, -0.05) is 26.0 Å². The fraction of sp³-hybridized carbons (Fsp3) is 0.350. The number of nitrogens with two attached hydrogens (primary N) is 1. The molecule has 0 fully saturated rings. The first-order valence-corrected chi connectivity index (χ1v) is 8.91. The minimum atomic E-state index is -0.601. The average molecular weight is 369 g/mol. The highest BCUT2D eigenvalue weighted by atomic mass is 16.5. The molecule has 142 valence electrons. The number of hydrogen-bond donors (Lipinski definition) is 1. The van der Waals surface area contributed by atoms with E-state index in [4.69, 9.17) is 15.2 Å². The summed E-state index contributed by atoms with van der Waals surface area (Å²) in [6.07, 6.45) is -0.601. The van der Waals surface area contributed by atoms with E-state index in [0.717, 1.165) is 5.56 Å². The van der Waals surface area contributed by atoms with E-state index in [1.807, 2.05) is 19.9 Å². The molecular formula is C20H23N3O4. The molecule has 0 saturated carbocycles. The van der Waals surface area contributed by atoms with Crippen molar-refractivity contribution in [3.05, 3.63) is 47.5 Å². The Morgan fingerprint density at radius 3 is 2.81 bits per heavy atom. The summed E-state index contributed by atoms with van der Waals surface area (Å²) in [6, 6.07) is 10.4. The van der Waals surface area contributed by atoms with Crippen molar-refractivity contribution in [2.45, 2.75) is 33.4 Å². The van der Waals surface area contributed by atoms with Crippen molar-refractivity contribution >= 4 is 23.5 Å². The third-order valence-corrected chi connectivity index (χ3v) is 4.26. The molecule has 3 rings (SSSR count). The van der Waals surface area contributed by atoms with Gasteiger partial charge in [-0.2, -0.15) is 0 Å². The Morgan fingerprint density at radius 2 is 2.11 bits per heavy atom. The van der Waals surface area contributed by atoms with Crippen molar-refractivity contribution in [2.24, 2.45) is 5.92 Å². The maximum Gasteiger partial charge on any atom is 0.338 e. The average Bonchev–Trinajstić information content (AvgIpc) is 2.64. The van der Waals surface area contributed by atoms with Crippen LogP contribution in [0.4, 0.5) is 11.6 Å². The van der Waals surface area contributed by atoms with Gasteiger partial charge in [0.1, 0.15) is 5.82 Å². The van der Waals surface area contributed by atoms with E-state index in [2.05, 4.69) is 4.98 Å². The van der Waals surface area contributed by atoms with Crippen molar-refractivity contribution in [2.75, 3.05) is 17.2 Å². The summed E-state index contributed by atoms with van der Waals surface area (Å²) >= 11 is 0. The monoisotopic (exact) mass is 369 g/mol. The van der Waals surface area contributed by atoms with Crippen molar-refractivity contribution in [1.82, 2.24) is 4.98 Å². The smallest absolute Gasteiger partial charge is 0.338 e. The first-order valence-electron chi connectivity index (χ1n) is 8.91. The lowest BCUT2D eigenvalue weighted by Gasteiger charge is -2.35. The molecule has 27 heavy (non-hydrogen) atoms. The van der Waals surface area contributed by atoms with E-state index in [1.165, 1.54) is 0 Å². The molecule has 1 atom stereocenters. The second kappa shape index (κ2) is 7.65. The summed E-state index contributed by atoms with van der Waals surface area (Å²) < 4.78 is 10.9. The van der Waals surface area contributed by atoms with Crippen LogP contribution < -0.4 is 15.4 Å². The molecular weight excluding hydrogens is 346 g/mol. The van der Waals surface area contributed by atoms with Crippen LogP contribution in [-0.4, -0.2) is 29.6 Å². The Kier molecular flexibility index (Phi) is 5.30. The van der Waals surface area contributed by atoms with E-state index < -0.39 is 12.1 Å². The molecule has 2 aromatic rings. The van der Waals surface area contributed by atoms with Gasteiger partial charge in [0.05, 0.1) is 18.7 Å². The van der Waals surface area contributed by atoms with Crippen LogP contribution >= 0.6 is 0 Å². The number of amides is 1. The summed E-state index contributed by atoms with van der Waals surface area (Å²) in [6.45, 7) is 6.17. The van der Waals surface area contributed by atoms with Crippen LogP contribution in [0.1, 0.15) is 36.7 Å². The number of fused-ring (bicyclic) bond motifs is 1. The molecule has 1 aliphatic heterocycles. The molecule has 2 heterocycles. The number of rotatable bonds is 5. The van der Waals surface area contributed by atoms with Crippen LogP contribution in [-0.2, 0) is 16.1 Å². The maximum absolute atomic E-state index is 13.0. The molecule has 1 aliphatic rings. The molecule has 1 aromatic heterocycles. The van der Waals surface area contributed by atoms with E-state index in [-0.39, 0.29) is 18.4 Å². The van der Waals surface area contributed by atoms with Gasteiger partial charge in [-0.15, -0.1) is 0 Å². The minimum absolute atomic E-state index is 0.00318. The molecule has 2 N–H and O–H groups in total. The minimum Gasteiger partial charge on any atom is -0.476 e. The van der Waals surface area contributed by atoms with Gasteiger partial charge in [-0.3, -0.25) is 9.69 Å². The van der Waals surface area contributed by atoms with Crippen molar-refractivity contribution in [1.29, 1.82) is 0 Å². The van der Waals surface area contributed by atoms with Gasteiger partial charge in [-0.05, 0) is 42.7 Å². The molecule has 1 unspecified atom stereocenters. The first-order chi connectivity index (χ1) is 12.9. The molecule has 0 spiro atoms. The molecule has 0 bridgehead atoms. The van der Waals surface area contributed by atoms with Gasteiger partial charge in [0.2, 0.25) is 0 Å². The number of carbonyl (C=O) groups is 2. The Balaban J connectivity index is 1.95. The second-order valence-corrected chi connectivity index (χ2v) is 6.69. The largest absolute Gasteiger partial charge is 0.476 e. The number of nitrogen functional groups attached to an aromatic ring is 1. The normalized spacial score (nSPS) is 16.1. The zero-order chi connectivity index (χ0) is 19.6. The zero-order valence-electron chi connectivity index (χ0n) is 15.6. The number of carbonyl (C=O) groups excluding carboxylic acids is 2. The van der Waals surface area contributed by atoms with Crippen molar-refractivity contribution < 1.29 is 19.1 Å². The number of aromatic nitrogens is 1. The molecule has 7 nitrogen and oxygen atoms in total. The van der Waals surface area contributed by atoms with E-state index >= 15 is 0 Å². The summed E-state index contributed by atoms with van der Waals surface area (Å²) in [4.78, 5) is 30.8. The quantitative estimate of drug-likeness (QED) is 0.815. The Hall–Kier alpha value is -3.09. The lowest BCUT2D eigenvalue weighted by atomic mass is 10.0. The van der Waals surface area contributed by atoms with Gasteiger partial charge in [0.15, 0.2) is 17.7 Å². The van der Waals surface area contributed by atoms with E-state index in [0.29, 0.717) is 29.6 Å². The van der Waals surface area contributed by atoms with E-state index in [1.54, 1.807) is 42.2 Å². The van der Waals surface area contributed by atoms with Crippen molar-refractivity contribution in [3.63, 3.8) is 0 Å². The number of ether oxygens (including phenoxy) is 2. The fourth-order valence-corrected chi connectivity index (χ4v) is 2.95. The number of hydrogen-bond acceptors (Lipinski definition) is 6. The zero-order valence-corrected chi connectivity index (χ0v) is 15.6. The van der Waals surface area contributed by atoms with Gasteiger partial charge in [0.25, 0.3) is 5.91 Å². The number of nitrogens with zero attached hydrogens (tertiary/aromatic N) is 2. The SMILES string of the molecule is CCOC(=O)c1cccc(CN2C(=O)C(C(C)C)Oc3ccc(N)nc32)c1. The Labute approximate surface area is 158 Å². The standard InChI is InChI=1S/C20H23N3O4/c1-4-26-20(25)14-7-5-6-13(10-14)11-23-18-15(8-9-16(21)22-18)27-17(12(2)3)19(23)24/h5-10,12,17H,4,11H2,1-3H3,(H2,21,22). The summed E-state index contributed by atoms with van der Waals surface area (Å²) in [5.74, 6) is 0.630. The van der Waals surface area contributed by atoms with Crippen LogP contribution in [0, 0.1) is 5.92 Å². The summed E-state index contributed by atoms with van der Waals surface area (Å²) in [7, 11) is 0. The maximum atomic E-state index is 13.0. The Morgan fingerprint density at radius 1 is 1.33 bits per heavy atom. The van der Waals surface area contributed by atoms with Gasteiger partial charge >= 0.3 is 5.97 Å². The summed E-state index contributed by atoms with van der Waals surface area (Å²) in [5.41, 5.74) is 7.04. The Bertz CT molecular complexity index is 866. The lowest BCUT2D eigenvalue weighted by Crippen LogP contribution is -2.48. The molecule has 0 radical (unpaired) electrons. The second-order valence-electron chi connectivity index (χ2n) is 6.69. The predicted molar refractivity (Wildman–Crippen MR) is 101 cm³/mol. The third-order valence-electron chi connectivity index (χ3n) is 4.26. The molecule has 0 saturated heterocycles. The van der Waals surface area contributed by atoms with E-state index in [9.17, 15) is 9.59 Å². The van der Waals surface area contributed by atoms with Crippen molar-refractivity contribution in [3.8, 4) is 5.75 Å². The number of benzene rings is 1. The van der Waals surface area contributed by atoms with Crippen LogP contribution in [0.25, 0.3) is 0 Å². The van der Waals surface area contributed by atoms with Crippen LogP contribution in [0.3, 0.4) is 0 Å². The van der Waals surface area contributed by atoms with Gasteiger partial charge < -0.3 is 15.2 Å². The number of pyridine rings is 1. The molecule has 0 aliphatic carbocycles. The number of anilines is 2. The topological polar surface area (TPSA) is 94.8 Å². The van der Waals surface area contributed by atoms with Gasteiger partial charge in [0, 0.05) is 0 Å². The predicted octanol–water partition coefficient (Wildman–Crippen LogP) is 2.79. The highest BCUT2D eigenvalue weighted by Crippen LogP contribution is 2.35. The fourth-order valence-electron chi connectivity index (χ4n) is 2.95. The molecule has 7 heteroatoms. The molecule has 1 aromatic carbocycles. The lowest BCUT2D eigenvalue weighted by molar-refractivity contribution is -0.128.